The first-order valence-electron chi connectivity index (χ1n) is 11.3. The van der Waals surface area contributed by atoms with Gasteiger partial charge in [0.15, 0.2) is 0 Å². The molecule has 4 rings (SSSR count). The van der Waals surface area contributed by atoms with Crippen LogP contribution >= 0.6 is 0 Å². The maximum absolute atomic E-state index is 11.6. The lowest BCUT2D eigenvalue weighted by atomic mass is 9.47. The maximum Gasteiger partial charge on any atom is 0.427 e. The van der Waals surface area contributed by atoms with Crippen LogP contribution in [-0.4, -0.2) is 29.6 Å². The summed E-state index contributed by atoms with van der Waals surface area (Å²) < 4.78 is 4.93. The Morgan fingerprint density at radius 1 is 1.21 bits per heavy atom. The number of hydrogen-bond acceptors (Lipinski definition) is 4. The van der Waals surface area contributed by atoms with Crippen molar-refractivity contribution in [2.24, 2.45) is 33.7 Å². The van der Waals surface area contributed by atoms with Gasteiger partial charge in [-0.1, -0.05) is 31.6 Å². The molecule has 0 aromatic heterocycles. The number of allylic oxidation sites excluding steroid dienone is 3. The summed E-state index contributed by atoms with van der Waals surface area (Å²) in [6, 6.07) is 0. The third-order valence-corrected chi connectivity index (χ3v) is 8.64. The fourth-order valence-electron chi connectivity index (χ4n) is 7.12. The van der Waals surface area contributed by atoms with Crippen molar-refractivity contribution in [1.82, 2.24) is 5.43 Å². The molecular weight excluding hydrogens is 364 g/mol. The summed E-state index contributed by atoms with van der Waals surface area (Å²) >= 11 is 0. The zero-order valence-electron chi connectivity index (χ0n) is 18.3. The van der Waals surface area contributed by atoms with Gasteiger partial charge < -0.3 is 9.84 Å². The molecule has 5 nitrogen and oxygen atoms in total. The van der Waals surface area contributed by atoms with Crippen molar-refractivity contribution < 1.29 is 14.6 Å². The summed E-state index contributed by atoms with van der Waals surface area (Å²) in [5.74, 6) is 2.04. The number of nitrogens with zero attached hydrogens (tertiary/aromatic N) is 1. The Labute approximate surface area is 174 Å². The second-order valence-electron chi connectivity index (χ2n) is 10.00. The molecule has 0 heterocycles. The number of aliphatic hydroxyl groups is 1. The first-order valence-corrected chi connectivity index (χ1v) is 11.3. The highest BCUT2D eigenvalue weighted by Gasteiger charge is 2.56. The number of ether oxygens (including phenoxy) is 1. The molecule has 6 atom stereocenters. The minimum atomic E-state index is -0.492. The van der Waals surface area contributed by atoms with Crippen molar-refractivity contribution in [2.75, 3.05) is 6.61 Å². The largest absolute Gasteiger partial charge is 0.449 e. The highest BCUT2D eigenvalue weighted by atomic mass is 16.5. The first-order chi connectivity index (χ1) is 13.8. The summed E-state index contributed by atoms with van der Waals surface area (Å²) in [4.78, 5) is 11.6. The van der Waals surface area contributed by atoms with Crippen LogP contribution in [0.4, 0.5) is 4.79 Å². The summed E-state index contributed by atoms with van der Waals surface area (Å²) in [5, 5.41) is 14.5. The van der Waals surface area contributed by atoms with Crippen molar-refractivity contribution >= 4 is 11.8 Å². The SMILES string of the molecule is CCOC(=O)N/N=C(\C)C1=CC[C@@H]2[C@@H]3CC=C4C[C@H](O)CC[C@]4(C)[C@H]3CC[C@]12C. The molecular formula is C24H36N2O3. The van der Waals surface area contributed by atoms with E-state index in [1.54, 1.807) is 6.92 Å². The number of aliphatic hydroxyl groups excluding tert-OH is 1. The average molecular weight is 401 g/mol. The van der Waals surface area contributed by atoms with E-state index in [2.05, 4.69) is 36.5 Å². The Kier molecular flexibility index (Phi) is 5.39. The van der Waals surface area contributed by atoms with Crippen LogP contribution in [0.2, 0.25) is 0 Å². The van der Waals surface area contributed by atoms with E-state index in [4.69, 9.17) is 4.74 Å². The van der Waals surface area contributed by atoms with E-state index in [0.29, 0.717) is 18.4 Å². The molecule has 5 heteroatoms. The molecule has 0 aliphatic heterocycles. The molecule has 2 saturated carbocycles. The lowest BCUT2D eigenvalue weighted by molar-refractivity contribution is -0.0279. The minimum absolute atomic E-state index is 0.126. The zero-order chi connectivity index (χ0) is 20.8. The Morgan fingerprint density at radius 2 is 1.97 bits per heavy atom. The van der Waals surface area contributed by atoms with Gasteiger partial charge in [0.25, 0.3) is 0 Å². The van der Waals surface area contributed by atoms with Crippen molar-refractivity contribution in [1.29, 1.82) is 0 Å². The lowest BCUT2D eigenvalue weighted by Gasteiger charge is -2.57. The number of rotatable bonds is 3. The van der Waals surface area contributed by atoms with Crippen LogP contribution in [0.1, 0.15) is 72.6 Å². The predicted molar refractivity (Wildman–Crippen MR) is 114 cm³/mol. The molecule has 2 N–H and O–H groups in total. The molecule has 0 radical (unpaired) electrons. The average Bonchev–Trinajstić information content (AvgIpc) is 3.04. The number of hydrogen-bond donors (Lipinski definition) is 2. The molecule has 4 aliphatic rings. The van der Waals surface area contributed by atoms with Crippen LogP contribution < -0.4 is 5.43 Å². The second-order valence-corrected chi connectivity index (χ2v) is 10.00. The third kappa shape index (κ3) is 3.35. The summed E-state index contributed by atoms with van der Waals surface area (Å²) in [7, 11) is 0. The lowest BCUT2D eigenvalue weighted by Crippen LogP contribution is -2.50. The van der Waals surface area contributed by atoms with Gasteiger partial charge in [-0.2, -0.15) is 5.10 Å². The highest BCUT2D eigenvalue weighted by molar-refractivity contribution is 6.00. The van der Waals surface area contributed by atoms with Gasteiger partial charge >= 0.3 is 6.09 Å². The molecule has 0 bridgehead atoms. The molecule has 0 aromatic rings. The Morgan fingerprint density at radius 3 is 2.72 bits per heavy atom. The number of amides is 1. The Bertz CT molecular complexity index is 770. The van der Waals surface area contributed by atoms with Crippen LogP contribution in [0, 0.1) is 28.6 Å². The molecule has 0 unspecified atom stereocenters. The molecule has 1 amide bonds. The van der Waals surface area contributed by atoms with E-state index in [0.717, 1.165) is 43.7 Å². The van der Waals surface area contributed by atoms with E-state index in [1.807, 2.05) is 6.92 Å². The molecule has 2 fully saturated rings. The van der Waals surface area contributed by atoms with Crippen LogP contribution in [0.25, 0.3) is 0 Å². The van der Waals surface area contributed by atoms with E-state index >= 15 is 0 Å². The summed E-state index contributed by atoms with van der Waals surface area (Å²) in [6.45, 7) is 9.00. The third-order valence-electron chi connectivity index (χ3n) is 8.64. The highest BCUT2D eigenvalue weighted by Crippen LogP contribution is 2.65. The number of nitrogens with one attached hydrogen (secondary N) is 1. The smallest absolute Gasteiger partial charge is 0.427 e. The van der Waals surface area contributed by atoms with Gasteiger partial charge in [-0.25, -0.2) is 10.2 Å². The van der Waals surface area contributed by atoms with Crippen LogP contribution in [0.5, 0.6) is 0 Å². The van der Waals surface area contributed by atoms with Gasteiger partial charge in [0.05, 0.1) is 18.4 Å². The molecule has 4 aliphatic carbocycles. The second kappa shape index (κ2) is 7.57. The monoisotopic (exact) mass is 400 g/mol. The van der Waals surface area contributed by atoms with Crippen LogP contribution in [-0.2, 0) is 4.74 Å². The molecule has 0 spiro atoms. The zero-order valence-corrected chi connectivity index (χ0v) is 18.3. The minimum Gasteiger partial charge on any atom is -0.449 e. The van der Waals surface area contributed by atoms with Crippen LogP contribution in [0.15, 0.2) is 28.4 Å². The van der Waals surface area contributed by atoms with E-state index < -0.39 is 6.09 Å². The fraction of sp³-hybridized carbons (Fsp3) is 0.750. The molecule has 160 valence electrons. The molecule has 0 aromatic carbocycles. The van der Waals surface area contributed by atoms with Gasteiger partial charge in [-0.15, -0.1) is 0 Å². The van der Waals surface area contributed by atoms with Gasteiger partial charge in [-0.05, 0) is 93.0 Å². The quantitative estimate of drug-likeness (QED) is 0.399. The van der Waals surface area contributed by atoms with Gasteiger partial charge in [-0.3, -0.25) is 0 Å². The maximum atomic E-state index is 11.6. The Hall–Kier alpha value is -1.62. The summed E-state index contributed by atoms with van der Waals surface area (Å²) in [5.41, 5.74) is 6.64. The van der Waals surface area contributed by atoms with Crippen LogP contribution in [0.3, 0.4) is 0 Å². The number of fused-ring (bicyclic) bond motifs is 5. The Balaban J connectivity index is 1.54. The van der Waals surface area contributed by atoms with Gasteiger partial charge in [0.2, 0.25) is 0 Å². The van der Waals surface area contributed by atoms with E-state index in [1.165, 1.54) is 24.0 Å². The van der Waals surface area contributed by atoms with Crippen molar-refractivity contribution in [2.45, 2.75) is 78.7 Å². The summed E-state index contributed by atoms with van der Waals surface area (Å²) in [6.07, 6.45) is 11.8. The number of carbonyl (C=O) groups excluding carboxylic acids is 1. The topological polar surface area (TPSA) is 70.9 Å². The number of carbonyl (C=O) groups is 1. The number of hydrazone groups is 1. The molecule has 29 heavy (non-hydrogen) atoms. The van der Waals surface area contributed by atoms with Crippen molar-refractivity contribution in [3.8, 4) is 0 Å². The van der Waals surface area contributed by atoms with Gasteiger partial charge in [0.1, 0.15) is 0 Å². The molecule has 0 saturated heterocycles. The van der Waals surface area contributed by atoms with E-state index in [9.17, 15) is 9.90 Å². The van der Waals surface area contributed by atoms with Crippen molar-refractivity contribution in [3.63, 3.8) is 0 Å². The predicted octanol–water partition coefficient (Wildman–Crippen LogP) is 4.97. The van der Waals surface area contributed by atoms with Gasteiger partial charge in [0, 0.05) is 0 Å². The van der Waals surface area contributed by atoms with E-state index in [-0.39, 0.29) is 16.9 Å². The fourth-order valence-corrected chi connectivity index (χ4v) is 7.12. The normalized spacial score (nSPS) is 41.5. The first kappa shape index (κ1) is 20.6. The standard InChI is InChI=1S/C24H36N2O3/c1-5-29-22(28)26-25-15(2)19-8-9-20-18-7-6-16-14-17(27)10-12-23(16,3)21(18)11-13-24(19,20)4/h6,8,17-18,20-21,27H,5,7,9-14H2,1-4H3,(H,26,28)/b25-15+/t17-,18+,20-,21+,23+,24-/m1/s1. The van der Waals surface area contributed by atoms with Crippen molar-refractivity contribution in [3.05, 3.63) is 23.3 Å².